The Morgan fingerprint density at radius 2 is 1.97 bits per heavy atom. The predicted octanol–water partition coefficient (Wildman–Crippen LogP) is 3.28. The number of nitrogens with one attached hydrogen (secondary N) is 2. The van der Waals surface area contributed by atoms with Crippen molar-refractivity contribution in [3.8, 4) is 0 Å². The lowest BCUT2D eigenvalue weighted by molar-refractivity contribution is -0.0452. The molecule has 0 spiro atoms. The molecule has 4 rings (SSSR count). The van der Waals surface area contributed by atoms with Crippen LogP contribution in [0.5, 0.6) is 0 Å². The lowest BCUT2D eigenvalue weighted by atomic mass is 9.87. The van der Waals surface area contributed by atoms with Crippen LogP contribution in [0.2, 0.25) is 0 Å². The molecule has 1 aliphatic heterocycles. The number of hydrogen-bond acceptors (Lipinski definition) is 8. The predicted molar refractivity (Wildman–Crippen MR) is 148 cm³/mol. The number of fused-ring (bicyclic) bond motifs is 1. The van der Waals surface area contributed by atoms with E-state index in [2.05, 4.69) is 65.1 Å². The third-order valence-corrected chi connectivity index (χ3v) is 6.91. The summed E-state index contributed by atoms with van der Waals surface area (Å²) < 4.78 is 7.96. The van der Waals surface area contributed by atoms with Gasteiger partial charge in [-0.1, -0.05) is 32.9 Å². The molecule has 206 valence electrons. The van der Waals surface area contributed by atoms with E-state index in [0.29, 0.717) is 36.5 Å². The van der Waals surface area contributed by atoms with Gasteiger partial charge in [-0.3, -0.25) is 9.47 Å². The smallest absolute Gasteiger partial charge is 0.319 e. The largest absolute Gasteiger partial charge is 0.388 e. The van der Waals surface area contributed by atoms with Gasteiger partial charge in [0.25, 0.3) is 0 Å². The van der Waals surface area contributed by atoms with E-state index < -0.39 is 12.3 Å². The van der Waals surface area contributed by atoms with Gasteiger partial charge in [0, 0.05) is 37.8 Å². The number of carbonyl (C=O) groups excluding carboxylic acids is 1. The van der Waals surface area contributed by atoms with Crippen LogP contribution in [0.3, 0.4) is 0 Å². The van der Waals surface area contributed by atoms with Crippen LogP contribution in [-0.4, -0.2) is 73.4 Å². The molecule has 1 fully saturated rings. The SMILES string of the molecule is CC(C)N(CCCNC(=O)Nc1ccc(C(C)(C)C)cc1)C[C@@H]1C[C@@H](O)[C@H](n2cnc3c(N)ncnc32)O1. The molecule has 11 nitrogen and oxygen atoms in total. The van der Waals surface area contributed by atoms with Crippen molar-refractivity contribution >= 4 is 28.7 Å². The molecule has 11 heteroatoms. The molecule has 0 saturated carbocycles. The number of rotatable bonds is 9. The van der Waals surface area contributed by atoms with Gasteiger partial charge in [-0.25, -0.2) is 19.7 Å². The van der Waals surface area contributed by atoms with Gasteiger partial charge in [0.1, 0.15) is 17.9 Å². The van der Waals surface area contributed by atoms with Crippen LogP contribution < -0.4 is 16.4 Å². The Morgan fingerprint density at radius 1 is 1.24 bits per heavy atom. The van der Waals surface area contributed by atoms with Crippen molar-refractivity contribution < 1.29 is 14.6 Å². The van der Waals surface area contributed by atoms with E-state index >= 15 is 0 Å². The molecule has 1 saturated heterocycles. The Kier molecular flexibility index (Phi) is 8.49. The summed E-state index contributed by atoms with van der Waals surface area (Å²) in [7, 11) is 0. The maximum absolute atomic E-state index is 12.3. The van der Waals surface area contributed by atoms with Crippen molar-refractivity contribution in [2.75, 3.05) is 30.7 Å². The van der Waals surface area contributed by atoms with E-state index in [1.165, 1.54) is 11.9 Å². The minimum absolute atomic E-state index is 0.0724. The van der Waals surface area contributed by atoms with E-state index in [4.69, 9.17) is 10.5 Å². The summed E-state index contributed by atoms with van der Waals surface area (Å²) >= 11 is 0. The van der Waals surface area contributed by atoms with E-state index in [0.717, 1.165) is 18.7 Å². The molecular formula is C27H40N8O3. The fourth-order valence-corrected chi connectivity index (χ4v) is 4.69. The number of carbonyl (C=O) groups is 1. The number of imidazole rings is 1. The van der Waals surface area contributed by atoms with Crippen molar-refractivity contribution in [2.24, 2.45) is 0 Å². The Labute approximate surface area is 223 Å². The van der Waals surface area contributed by atoms with E-state index in [9.17, 15) is 9.90 Å². The first-order valence-electron chi connectivity index (χ1n) is 13.2. The number of ether oxygens (including phenoxy) is 1. The maximum atomic E-state index is 12.3. The number of aromatic nitrogens is 4. The molecule has 1 aliphatic rings. The van der Waals surface area contributed by atoms with Crippen molar-refractivity contribution in [2.45, 2.75) is 77.4 Å². The summed E-state index contributed by atoms with van der Waals surface area (Å²) in [6.07, 6.45) is 2.83. The highest BCUT2D eigenvalue weighted by Crippen LogP contribution is 2.32. The summed E-state index contributed by atoms with van der Waals surface area (Å²) in [4.78, 5) is 27.2. The molecule has 2 amide bonds. The van der Waals surface area contributed by atoms with Crippen LogP contribution in [0, 0.1) is 0 Å². The Morgan fingerprint density at radius 3 is 2.66 bits per heavy atom. The number of aliphatic hydroxyl groups excluding tert-OH is 1. The van der Waals surface area contributed by atoms with Crippen molar-refractivity contribution in [3.63, 3.8) is 0 Å². The van der Waals surface area contributed by atoms with Crippen LogP contribution in [0.25, 0.3) is 11.2 Å². The molecular weight excluding hydrogens is 484 g/mol. The van der Waals surface area contributed by atoms with Gasteiger partial charge >= 0.3 is 6.03 Å². The summed E-state index contributed by atoms with van der Waals surface area (Å²) in [5, 5.41) is 16.6. The van der Waals surface area contributed by atoms with Crippen LogP contribution in [0.15, 0.2) is 36.9 Å². The maximum Gasteiger partial charge on any atom is 0.319 e. The second kappa shape index (κ2) is 11.6. The second-order valence-corrected chi connectivity index (χ2v) is 11.2. The average Bonchev–Trinajstić information content (AvgIpc) is 3.44. The number of anilines is 2. The molecule has 0 unspecified atom stereocenters. The van der Waals surface area contributed by atoms with Gasteiger partial charge in [0.05, 0.1) is 12.4 Å². The fraction of sp³-hybridized carbons (Fsp3) is 0.556. The first-order valence-corrected chi connectivity index (χ1v) is 13.2. The molecule has 2 aromatic heterocycles. The Bertz CT molecular complexity index is 1220. The first-order chi connectivity index (χ1) is 18.0. The first kappa shape index (κ1) is 27.7. The highest BCUT2D eigenvalue weighted by Gasteiger charge is 2.37. The average molecular weight is 525 g/mol. The van der Waals surface area contributed by atoms with Crippen molar-refractivity contribution in [1.82, 2.24) is 29.7 Å². The van der Waals surface area contributed by atoms with Gasteiger partial charge in [0.15, 0.2) is 17.7 Å². The van der Waals surface area contributed by atoms with Gasteiger partial charge in [0.2, 0.25) is 0 Å². The number of hydrogen-bond donors (Lipinski definition) is 4. The van der Waals surface area contributed by atoms with E-state index in [1.807, 2.05) is 24.3 Å². The van der Waals surface area contributed by atoms with Gasteiger partial charge in [-0.2, -0.15) is 0 Å². The monoisotopic (exact) mass is 524 g/mol. The van der Waals surface area contributed by atoms with Crippen molar-refractivity contribution in [1.29, 1.82) is 0 Å². The normalized spacial score (nSPS) is 19.9. The van der Waals surface area contributed by atoms with Gasteiger partial charge < -0.3 is 26.2 Å². The third kappa shape index (κ3) is 6.58. The van der Waals surface area contributed by atoms with E-state index in [-0.39, 0.29) is 23.6 Å². The fourth-order valence-electron chi connectivity index (χ4n) is 4.69. The minimum Gasteiger partial charge on any atom is -0.388 e. The van der Waals surface area contributed by atoms with Gasteiger partial charge in [-0.05, 0) is 43.4 Å². The molecule has 0 bridgehead atoms. The number of nitrogen functional groups attached to an aromatic ring is 1. The number of nitrogens with zero attached hydrogens (tertiary/aromatic N) is 5. The lowest BCUT2D eigenvalue weighted by Gasteiger charge is -2.29. The molecule has 1 aromatic carbocycles. The van der Waals surface area contributed by atoms with Crippen LogP contribution in [-0.2, 0) is 10.2 Å². The molecule has 0 aliphatic carbocycles. The molecule has 38 heavy (non-hydrogen) atoms. The molecule has 3 heterocycles. The lowest BCUT2D eigenvalue weighted by Crippen LogP contribution is -2.40. The van der Waals surface area contributed by atoms with Crippen LogP contribution in [0.4, 0.5) is 16.3 Å². The highest BCUT2D eigenvalue weighted by atomic mass is 16.5. The van der Waals surface area contributed by atoms with Crippen molar-refractivity contribution in [3.05, 3.63) is 42.5 Å². The number of aliphatic hydroxyl groups is 1. The van der Waals surface area contributed by atoms with E-state index in [1.54, 1.807) is 10.9 Å². The topological polar surface area (TPSA) is 143 Å². The summed E-state index contributed by atoms with van der Waals surface area (Å²) in [5.41, 5.74) is 8.99. The number of benzene rings is 1. The Balaban J connectivity index is 1.24. The number of nitrogens with two attached hydrogens (primary N) is 1. The molecule has 0 radical (unpaired) electrons. The number of urea groups is 1. The zero-order valence-electron chi connectivity index (χ0n) is 22.9. The Hall–Kier alpha value is -3.28. The zero-order valence-corrected chi connectivity index (χ0v) is 22.9. The summed E-state index contributed by atoms with van der Waals surface area (Å²) in [6, 6.07) is 8.01. The minimum atomic E-state index is -0.689. The number of amides is 2. The summed E-state index contributed by atoms with van der Waals surface area (Å²) in [6.45, 7) is 12.8. The van der Waals surface area contributed by atoms with Crippen LogP contribution in [0.1, 0.15) is 59.3 Å². The molecule has 5 N–H and O–H groups in total. The van der Waals surface area contributed by atoms with Crippen LogP contribution >= 0.6 is 0 Å². The summed E-state index contributed by atoms with van der Waals surface area (Å²) in [5.74, 6) is 0.296. The third-order valence-electron chi connectivity index (χ3n) is 6.91. The standard InChI is InChI=1S/C27H40N8O3/c1-17(2)34(12-6-11-29-26(37)33-19-9-7-18(8-10-19)27(3,4)5)14-20-13-21(36)25(38-20)35-16-32-22-23(28)30-15-31-24(22)35/h7-10,15-17,20-21,25,36H,6,11-14H2,1-5H3,(H2,28,30,31)(H2,29,33,37)/t20-,21+,25+/m0/s1. The highest BCUT2D eigenvalue weighted by molar-refractivity contribution is 5.89. The molecule has 3 aromatic rings. The second-order valence-electron chi connectivity index (χ2n) is 11.2. The van der Waals surface area contributed by atoms with Gasteiger partial charge in [-0.15, -0.1) is 0 Å². The molecule has 3 atom stereocenters. The zero-order chi connectivity index (χ0) is 27.4. The quantitative estimate of drug-likeness (QED) is 0.312.